The highest BCUT2D eigenvalue weighted by Gasteiger charge is 2.34. The Kier molecular flexibility index (Phi) is 5.95. The molecular formula is C6H3Cl5N2S2. The van der Waals surface area contributed by atoms with Gasteiger partial charge in [-0.3, -0.25) is 0 Å². The Morgan fingerprint density at radius 1 is 1.33 bits per heavy atom. The number of alkyl halides is 4. The molecule has 9 heteroatoms. The molecular weight excluding hydrogens is 341 g/mol. The first-order chi connectivity index (χ1) is 6.92. The number of aromatic nitrogens is 2. The molecule has 0 N–H and O–H groups in total. The van der Waals surface area contributed by atoms with Crippen LogP contribution in [0.25, 0.3) is 0 Å². The Morgan fingerprint density at radius 3 is 2.53 bits per heavy atom. The Labute approximate surface area is 120 Å². The van der Waals surface area contributed by atoms with Gasteiger partial charge in [-0.25, -0.2) is 9.97 Å². The third-order valence-corrected chi connectivity index (χ3v) is 6.47. The van der Waals surface area contributed by atoms with E-state index in [0.29, 0.717) is 10.3 Å². The van der Waals surface area contributed by atoms with Gasteiger partial charge in [0.15, 0.2) is 9.99 Å². The van der Waals surface area contributed by atoms with Crippen LogP contribution in [0.5, 0.6) is 0 Å². The average Bonchev–Trinajstić information content (AvgIpc) is 2.15. The summed E-state index contributed by atoms with van der Waals surface area (Å²) >= 11 is 28.4. The van der Waals surface area contributed by atoms with Gasteiger partial charge >= 0.3 is 0 Å². The minimum atomic E-state index is -1.32. The second-order valence-corrected chi connectivity index (χ2v) is 7.85. The van der Waals surface area contributed by atoms with Crippen molar-refractivity contribution in [3.8, 4) is 0 Å². The second-order valence-electron chi connectivity index (χ2n) is 2.19. The first kappa shape index (κ1) is 14.3. The van der Waals surface area contributed by atoms with Crippen LogP contribution in [0.4, 0.5) is 0 Å². The molecule has 0 saturated carbocycles. The molecule has 0 spiro atoms. The average molecular weight is 345 g/mol. The van der Waals surface area contributed by atoms with Crippen molar-refractivity contribution in [3.63, 3.8) is 0 Å². The molecule has 1 aromatic rings. The van der Waals surface area contributed by atoms with Crippen LogP contribution in [0.15, 0.2) is 17.4 Å². The van der Waals surface area contributed by atoms with E-state index in [0.717, 1.165) is 21.6 Å². The molecule has 0 aliphatic heterocycles. The van der Waals surface area contributed by atoms with Crippen LogP contribution >= 0.6 is 79.6 Å². The molecule has 0 saturated heterocycles. The molecule has 2 nitrogen and oxygen atoms in total. The van der Waals surface area contributed by atoms with Crippen molar-refractivity contribution in [1.82, 2.24) is 9.97 Å². The summed E-state index contributed by atoms with van der Waals surface area (Å²) in [5.74, 6) is 0. The Bertz CT molecular complexity index is 335. The maximum atomic E-state index is 5.82. The van der Waals surface area contributed by atoms with E-state index in [4.69, 9.17) is 58.0 Å². The van der Waals surface area contributed by atoms with E-state index in [1.54, 1.807) is 6.07 Å². The standard InChI is InChI=1S/C6H3Cl5N2S2/c7-3-1-2-12-5(13-3)14-15-6(10,11)4(8)9/h1-2,4H. The summed E-state index contributed by atoms with van der Waals surface area (Å²) in [6.45, 7) is 0. The first-order valence-corrected chi connectivity index (χ1v) is 7.57. The van der Waals surface area contributed by atoms with Gasteiger partial charge in [0, 0.05) is 6.20 Å². The van der Waals surface area contributed by atoms with Gasteiger partial charge in [-0.2, -0.15) is 0 Å². The van der Waals surface area contributed by atoms with E-state index in [2.05, 4.69) is 9.97 Å². The molecule has 0 aliphatic rings. The van der Waals surface area contributed by atoms with Crippen LogP contribution in [0.1, 0.15) is 0 Å². The topological polar surface area (TPSA) is 25.8 Å². The first-order valence-electron chi connectivity index (χ1n) is 3.42. The molecule has 0 aromatic carbocycles. The molecule has 0 fully saturated rings. The van der Waals surface area contributed by atoms with Gasteiger partial charge < -0.3 is 0 Å². The number of hydrogen-bond acceptors (Lipinski definition) is 4. The van der Waals surface area contributed by atoms with Crippen molar-refractivity contribution in [2.75, 3.05) is 0 Å². The van der Waals surface area contributed by atoms with Gasteiger partial charge in [0.1, 0.15) is 5.15 Å². The van der Waals surface area contributed by atoms with Crippen molar-refractivity contribution in [2.45, 2.75) is 13.7 Å². The van der Waals surface area contributed by atoms with Crippen molar-refractivity contribution in [2.24, 2.45) is 0 Å². The van der Waals surface area contributed by atoms with E-state index in [1.165, 1.54) is 6.20 Å². The molecule has 1 aromatic heterocycles. The summed E-state index contributed by atoms with van der Waals surface area (Å²) in [6.07, 6.45) is 1.53. The quantitative estimate of drug-likeness (QED) is 0.339. The van der Waals surface area contributed by atoms with Crippen molar-refractivity contribution in [3.05, 3.63) is 17.4 Å². The fourth-order valence-electron chi connectivity index (χ4n) is 0.489. The molecule has 1 heterocycles. The fraction of sp³-hybridized carbons (Fsp3) is 0.333. The fourth-order valence-corrected chi connectivity index (χ4v) is 3.41. The van der Waals surface area contributed by atoms with Crippen LogP contribution in [0.3, 0.4) is 0 Å². The zero-order valence-electron chi connectivity index (χ0n) is 6.83. The number of halogens is 5. The number of rotatable bonds is 4. The molecule has 0 radical (unpaired) electrons. The number of hydrogen-bond donors (Lipinski definition) is 0. The maximum absolute atomic E-state index is 5.82. The summed E-state index contributed by atoms with van der Waals surface area (Å²) in [5, 5.41) is 0.781. The molecule has 0 unspecified atom stereocenters. The minimum absolute atomic E-state index is 0.344. The van der Waals surface area contributed by atoms with E-state index in [-0.39, 0.29) is 0 Å². The van der Waals surface area contributed by atoms with E-state index < -0.39 is 8.50 Å². The van der Waals surface area contributed by atoms with Crippen LogP contribution in [-0.2, 0) is 0 Å². The predicted octanol–water partition coefficient (Wildman–Crippen LogP) is 4.81. The Balaban J connectivity index is 2.57. The van der Waals surface area contributed by atoms with Crippen molar-refractivity contribution in [1.29, 1.82) is 0 Å². The smallest absolute Gasteiger partial charge is 0.203 e. The molecule has 15 heavy (non-hydrogen) atoms. The monoisotopic (exact) mass is 342 g/mol. The van der Waals surface area contributed by atoms with Gasteiger partial charge in [-0.05, 0) is 27.7 Å². The predicted molar refractivity (Wildman–Crippen MR) is 70.4 cm³/mol. The van der Waals surface area contributed by atoms with E-state index in [9.17, 15) is 0 Å². The summed E-state index contributed by atoms with van der Waals surface area (Å²) in [4.78, 5) is 6.95. The summed E-state index contributed by atoms with van der Waals surface area (Å²) in [7, 11) is 2.20. The van der Waals surface area contributed by atoms with Crippen LogP contribution in [0, 0.1) is 0 Å². The zero-order chi connectivity index (χ0) is 11.5. The van der Waals surface area contributed by atoms with Gasteiger partial charge in [0.2, 0.25) is 3.67 Å². The van der Waals surface area contributed by atoms with Crippen LogP contribution in [0.2, 0.25) is 5.15 Å². The normalized spacial score (nSPS) is 12.1. The molecule has 0 atom stereocenters. The highest BCUT2D eigenvalue weighted by Crippen LogP contribution is 2.50. The van der Waals surface area contributed by atoms with Gasteiger partial charge in [0.25, 0.3) is 0 Å². The summed E-state index contributed by atoms with van der Waals surface area (Å²) in [6, 6.07) is 1.57. The lowest BCUT2D eigenvalue weighted by atomic mass is 10.7. The van der Waals surface area contributed by atoms with Crippen LogP contribution < -0.4 is 0 Å². The SMILES string of the molecule is Clc1ccnc(SSC(Cl)(Cl)C(Cl)Cl)n1. The summed E-state index contributed by atoms with van der Waals surface area (Å²) < 4.78 is -1.32. The third kappa shape index (κ3) is 4.94. The van der Waals surface area contributed by atoms with Crippen LogP contribution in [-0.4, -0.2) is 18.5 Å². The van der Waals surface area contributed by atoms with Gasteiger partial charge in [-0.1, -0.05) is 34.8 Å². The minimum Gasteiger partial charge on any atom is -0.230 e. The van der Waals surface area contributed by atoms with Crippen molar-refractivity contribution >= 4 is 79.6 Å². The third-order valence-electron chi connectivity index (χ3n) is 1.08. The highest BCUT2D eigenvalue weighted by molar-refractivity contribution is 8.77. The van der Waals surface area contributed by atoms with Gasteiger partial charge in [0.05, 0.1) is 0 Å². The highest BCUT2D eigenvalue weighted by atomic mass is 35.5. The zero-order valence-corrected chi connectivity index (χ0v) is 12.2. The van der Waals surface area contributed by atoms with E-state index in [1.807, 2.05) is 0 Å². The maximum Gasteiger partial charge on any atom is 0.203 e. The molecule has 1 rings (SSSR count). The lowest BCUT2D eigenvalue weighted by molar-refractivity contribution is 0.974. The van der Waals surface area contributed by atoms with Gasteiger partial charge in [-0.15, -0.1) is 23.2 Å². The largest absolute Gasteiger partial charge is 0.230 e. The lowest BCUT2D eigenvalue weighted by Crippen LogP contribution is -2.15. The second kappa shape index (κ2) is 6.24. The number of nitrogens with zero attached hydrogens (tertiary/aromatic N) is 2. The molecule has 84 valence electrons. The molecule has 0 amide bonds. The molecule has 0 bridgehead atoms. The lowest BCUT2D eigenvalue weighted by Gasteiger charge is -2.17. The Morgan fingerprint density at radius 2 is 2.00 bits per heavy atom. The molecule has 0 aliphatic carbocycles. The van der Waals surface area contributed by atoms with E-state index >= 15 is 0 Å². The summed E-state index contributed by atoms with van der Waals surface area (Å²) in [5.41, 5.74) is 0. The van der Waals surface area contributed by atoms with Crippen molar-refractivity contribution < 1.29 is 0 Å². The Hall–Kier alpha value is 1.23.